The van der Waals surface area contributed by atoms with Gasteiger partial charge in [-0.05, 0) is 12.8 Å². The second-order valence-corrected chi connectivity index (χ2v) is 4.98. The zero-order valence-electron chi connectivity index (χ0n) is 7.29. The van der Waals surface area contributed by atoms with Gasteiger partial charge in [-0.3, -0.25) is 4.18 Å². The fourth-order valence-electron chi connectivity index (χ4n) is 1.45. The summed E-state index contributed by atoms with van der Waals surface area (Å²) in [5.41, 5.74) is 0. The fraction of sp³-hybridized carbons (Fsp3) is 1.00. The third-order valence-electron chi connectivity index (χ3n) is 1.91. The van der Waals surface area contributed by atoms with E-state index < -0.39 is 28.6 Å². The summed E-state index contributed by atoms with van der Waals surface area (Å²) in [6.45, 7) is 0. The normalized spacial score (nSPS) is 28.7. The Hall–Kier alpha value is -0.230. The summed E-state index contributed by atoms with van der Waals surface area (Å²) in [7, 11) is -3.61. The second-order valence-electron chi connectivity index (χ2n) is 3.37. The molecule has 6 heteroatoms. The third-order valence-corrected chi connectivity index (χ3v) is 2.53. The molecular weight excluding hydrogens is 202 g/mol. The van der Waals surface area contributed by atoms with Crippen molar-refractivity contribution in [1.82, 2.24) is 0 Å². The number of rotatable bonds is 2. The van der Waals surface area contributed by atoms with E-state index in [0.717, 1.165) is 6.26 Å². The lowest BCUT2D eigenvalue weighted by atomic mass is 9.94. The fourth-order valence-corrected chi connectivity index (χ4v) is 2.11. The first-order valence-corrected chi connectivity index (χ1v) is 5.86. The summed E-state index contributed by atoms with van der Waals surface area (Å²) < 4.78 is 51.3. The summed E-state index contributed by atoms with van der Waals surface area (Å²) in [6, 6.07) is 0. The number of alkyl halides is 2. The smallest absolute Gasteiger partial charge is 0.264 e. The molecule has 0 spiro atoms. The summed E-state index contributed by atoms with van der Waals surface area (Å²) in [5, 5.41) is 0. The first-order chi connectivity index (χ1) is 5.79. The van der Waals surface area contributed by atoms with Crippen LogP contribution in [-0.4, -0.2) is 26.7 Å². The Balaban J connectivity index is 2.53. The van der Waals surface area contributed by atoms with Gasteiger partial charge in [0.25, 0.3) is 16.0 Å². The van der Waals surface area contributed by atoms with Crippen molar-refractivity contribution in [1.29, 1.82) is 0 Å². The molecule has 1 fully saturated rings. The van der Waals surface area contributed by atoms with E-state index >= 15 is 0 Å². The van der Waals surface area contributed by atoms with Crippen LogP contribution in [0.1, 0.15) is 25.7 Å². The first-order valence-electron chi connectivity index (χ1n) is 4.05. The lowest BCUT2D eigenvalue weighted by molar-refractivity contribution is -0.0680. The molecule has 0 aliphatic heterocycles. The van der Waals surface area contributed by atoms with Gasteiger partial charge in [0, 0.05) is 12.8 Å². The number of hydrogen-bond acceptors (Lipinski definition) is 3. The van der Waals surface area contributed by atoms with E-state index in [1.54, 1.807) is 0 Å². The maximum atomic E-state index is 12.8. The molecule has 1 atom stereocenters. The van der Waals surface area contributed by atoms with Crippen molar-refractivity contribution in [3.8, 4) is 0 Å². The Morgan fingerprint density at radius 3 is 2.54 bits per heavy atom. The van der Waals surface area contributed by atoms with E-state index in [2.05, 4.69) is 4.18 Å². The average molecular weight is 214 g/mol. The maximum absolute atomic E-state index is 12.8. The SMILES string of the molecule is CS(=O)(=O)OC1CCCC(F)(F)C1. The van der Waals surface area contributed by atoms with Crippen LogP contribution in [0, 0.1) is 0 Å². The molecule has 78 valence electrons. The first kappa shape index (κ1) is 10.8. The van der Waals surface area contributed by atoms with Crippen LogP contribution in [0.5, 0.6) is 0 Å². The highest BCUT2D eigenvalue weighted by atomic mass is 32.2. The van der Waals surface area contributed by atoms with Crippen molar-refractivity contribution in [3.63, 3.8) is 0 Å². The maximum Gasteiger partial charge on any atom is 0.264 e. The van der Waals surface area contributed by atoms with Crippen molar-refractivity contribution >= 4 is 10.1 Å². The largest absolute Gasteiger partial charge is 0.267 e. The Labute approximate surface area is 76.2 Å². The van der Waals surface area contributed by atoms with Crippen LogP contribution >= 0.6 is 0 Å². The van der Waals surface area contributed by atoms with Crippen LogP contribution in [0.3, 0.4) is 0 Å². The molecule has 1 rings (SSSR count). The van der Waals surface area contributed by atoms with Gasteiger partial charge in [-0.25, -0.2) is 8.78 Å². The van der Waals surface area contributed by atoms with Crippen molar-refractivity contribution in [2.24, 2.45) is 0 Å². The highest BCUT2D eigenvalue weighted by molar-refractivity contribution is 7.86. The van der Waals surface area contributed by atoms with Crippen LogP contribution in [0.2, 0.25) is 0 Å². The molecule has 0 radical (unpaired) electrons. The van der Waals surface area contributed by atoms with E-state index in [1.165, 1.54) is 0 Å². The van der Waals surface area contributed by atoms with Gasteiger partial charge < -0.3 is 0 Å². The summed E-state index contributed by atoms with van der Waals surface area (Å²) in [4.78, 5) is 0. The minimum absolute atomic E-state index is 0.170. The molecule has 1 aliphatic rings. The zero-order valence-corrected chi connectivity index (χ0v) is 8.11. The van der Waals surface area contributed by atoms with Gasteiger partial charge in [-0.15, -0.1) is 0 Å². The topological polar surface area (TPSA) is 43.4 Å². The Morgan fingerprint density at radius 2 is 2.08 bits per heavy atom. The quantitative estimate of drug-likeness (QED) is 0.655. The molecule has 0 saturated heterocycles. The second kappa shape index (κ2) is 3.49. The van der Waals surface area contributed by atoms with Crippen LogP contribution in [-0.2, 0) is 14.3 Å². The highest BCUT2D eigenvalue weighted by Crippen LogP contribution is 2.34. The van der Waals surface area contributed by atoms with Crippen LogP contribution in [0.25, 0.3) is 0 Å². The van der Waals surface area contributed by atoms with Crippen molar-refractivity contribution in [2.75, 3.05) is 6.26 Å². The standard InChI is InChI=1S/C7H12F2O3S/c1-13(10,11)12-6-3-2-4-7(8,9)5-6/h6H,2-5H2,1H3. The molecule has 1 aliphatic carbocycles. The third kappa shape index (κ3) is 3.99. The number of hydrogen-bond donors (Lipinski definition) is 0. The van der Waals surface area contributed by atoms with E-state index in [1.807, 2.05) is 0 Å². The molecular formula is C7H12F2O3S. The lowest BCUT2D eigenvalue weighted by Crippen LogP contribution is -2.32. The van der Waals surface area contributed by atoms with Gasteiger partial charge in [0.2, 0.25) is 0 Å². The molecule has 0 aromatic carbocycles. The summed E-state index contributed by atoms with van der Waals surface area (Å²) in [6.07, 6.45) is 0.0745. The van der Waals surface area contributed by atoms with E-state index in [4.69, 9.17) is 0 Å². The summed E-state index contributed by atoms with van der Waals surface area (Å²) >= 11 is 0. The van der Waals surface area contributed by atoms with Crippen molar-refractivity contribution < 1.29 is 21.4 Å². The minimum atomic E-state index is -3.61. The molecule has 13 heavy (non-hydrogen) atoms. The average Bonchev–Trinajstić information content (AvgIpc) is 1.79. The van der Waals surface area contributed by atoms with Gasteiger partial charge in [0.05, 0.1) is 12.4 Å². The predicted molar refractivity (Wildman–Crippen MR) is 43.1 cm³/mol. The number of halogens is 2. The van der Waals surface area contributed by atoms with Crippen molar-refractivity contribution in [3.05, 3.63) is 0 Å². The van der Waals surface area contributed by atoms with Gasteiger partial charge in [0.1, 0.15) is 0 Å². The lowest BCUT2D eigenvalue weighted by Gasteiger charge is -2.27. The van der Waals surface area contributed by atoms with Gasteiger partial charge in [-0.2, -0.15) is 8.42 Å². The van der Waals surface area contributed by atoms with Crippen molar-refractivity contribution in [2.45, 2.75) is 37.7 Å². The predicted octanol–water partition coefficient (Wildman–Crippen LogP) is 1.54. The highest BCUT2D eigenvalue weighted by Gasteiger charge is 2.37. The molecule has 0 heterocycles. The molecule has 0 N–H and O–H groups in total. The monoisotopic (exact) mass is 214 g/mol. The van der Waals surface area contributed by atoms with Gasteiger partial charge in [0.15, 0.2) is 0 Å². The molecule has 0 aromatic rings. The van der Waals surface area contributed by atoms with Crippen LogP contribution in [0.4, 0.5) is 8.78 Å². The van der Waals surface area contributed by atoms with Gasteiger partial charge >= 0.3 is 0 Å². The Kier molecular flexibility index (Phi) is 2.91. The van der Waals surface area contributed by atoms with Gasteiger partial charge in [-0.1, -0.05) is 0 Å². The van der Waals surface area contributed by atoms with E-state index in [9.17, 15) is 17.2 Å². The zero-order chi connectivity index (χ0) is 10.1. The van der Waals surface area contributed by atoms with E-state index in [0.29, 0.717) is 12.8 Å². The van der Waals surface area contributed by atoms with E-state index in [-0.39, 0.29) is 6.42 Å². The summed E-state index contributed by atoms with van der Waals surface area (Å²) in [5.74, 6) is -2.77. The minimum Gasteiger partial charge on any atom is -0.267 e. The molecule has 1 saturated carbocycles. The Morgan fingerprint density at radius 1 is 1.46 bits per heavy atom. The molecule has 0 amide bonds. The Bertz CT molecular complexity index is 273. The molecule has 0 aromatic heterocycles. The van der Waals surface area contributed by atoms with Crippen LogP contribution in [0.15, 0.2) is 0 Å². The molecule has 0 bridgehead atoms. The van der Waals surface area contributed by atoms with Crippen LogP contribution < -0.4 is 0 Å². The molecule has 3 nitrogen and oxygen atoms in total. The molecule has 1 unspecified atom stereocenters.